The molecule has 0 aliphatic carbocycles. The van der Waals surface area contributed by atoms with Crippen molar-refractivity contribution in [2.24, 2.45) is 0 Å². The van der Waals surface area contributed by atoms with E-state index in [0.717, 1.165) is 36.3 Å². The van der Waals surface area contributed by atoms with E-state index >= 15 is 0 Å². The molecule has 5 nitrogen and oxygen atoms in total. The predicted molar refractivity (Wildman–Crippen MR) is 90.5 cm³/mol. The summed E-state index contributed by atoms with van der Waals surface area (Å²) in [4.78, 5) is 24.0. The van der Waals surface area contributed by atoms with Crippen LogP contribution in [0.25, 0.3) is 0 Å². The van der Waals surface area contributed by atoms with Gasteiger partial charge in [0.2, 0.25) is 11.8 Å². The van der Waals surface area contributed by atoms with E-state index in [1.807, 2.05) is 25.1 Å². The van der Waals surface area contributed by atoms with Crippen molar-refractivity contribution in [1.29, 1.82) is 0 Å². The first-order chi connectivity index (χ1) is 11.0. The molecule has 1 saturated heterocycles. The molecule has 23 heavy (non-hydrogen) atoms. The molecule has 1 unspecified atom stereocenters. The average Bonchev–Trinajstić information content (AvgIpc) is 3.00. The zero-order valence-electron chi connectivity index (χ0n) is 14.1. The molecular formula is C18H26N2O3. The maximum absolute atomic E-state index is 12.1. The van der Waals surface area contributed by atoms with E-state index in [9.17, 15) is 9.59 Å². The summed E-state index contributed by atoms with van der Waals surface area (Å²) < 4.78 is 5.45. The molecule has 0 spiro atoms. The second-order valence-corrected chi connectivity index (χ2v) is 6.36. The molecule has 0 saturated carbocycles. The molecule has 0 bridgehead atoms. The zero-order valence-corrected chi connectivity index (χ0v) is 14.1. The first-order valence-electron chi connectivity index (χ1n) is 8.25. The Kier molecular flexibility index (Phi) is 6.16. The number of rotatable bonds is 6. The van der Waals surface area contributed by atoms with Gasteiger partial charge in [0, 0.05) is 18.8 Å². The summed E-state index contributed by atoms with van der Waals surface area (Å²) in [6, 6.07) is 5.94. The van der Waals surface area contributed by atoms with Gasteiger partial charge >= 0.3 is 0 Å². The Morgan fingerprint density at radius 3 is 2.74 bits per heavy atom. The van der Waals surface area contributed by atoms with Crippen molar-refractivity contribution in [3.05, 3.63) is 29.3 Å². The summed E-state index contributed by atoms with van der Waals surface area (Å²) in [7, 11) is 0. The topological polar surface area (TPSA) is 67.4 Å². The number of aryl methyl sites for hydroxylation is 1. The van der Waals surface area contributed by atoms with Crippen LogP contribution in [0.2, 0.25) is 0 Å². The number of anilines is 1. The van der Waals surface area contributed by atoms with Crippen molar-refractivity contribution in [2.75, 3.05) is 18.5 Å². The van der Waals surface area contributed by atoms with Crippen LogP contribution in [0.15, 0.2) is 18.2 Å². The Bertz CT molecular complexity index is 563. The van der Waals surface area contributed by atoms with Crippen LogP contribution in [0.1, 0.15) is 50.2 Å². The highest BCUT2D eigenvalue weighted by Crippen LogP contribution is 2.27. The van der Waals surface area contributed by atoms with Gasteiger partial charge in [0.15, 0.2) is 0 Å². The third-order valence-corrected chi connectivity index (χ3v) is 4.06. The van der Waals surface area contributed by atoms with E-state index in [1.54, 1.807) is 0 Å². The molecule has 1 fully saturated rings. The van der Waals surface area contributed by atoms with Gasteiger partial charge in [0.1, 0.15) is 6.42 Å². The normalized spacial score (nSPS) is 17.3. The number of para-hydroxylation sites is 1. The quantitative estimate of drug-likeness (QED) is 0.793. The number of carbonyl (C=O) groups excluding carboxylic acids is 2. The smallest absolute Gasteiger partial charge is 0.233 e. The third-order valence-electron chi connectivity index (χ3n) is 4.06. The average molecular weight is 318 g/mol. The number of hydrogen-bond donors (Lipinski definition) is 2. The van der Waals surface area contributed by atoms with E-state index in [2.05, 4.69) is 24.5 Å². The van der Waals surface area contributed by atoms with Crippen molar-refractivity contribution in [2.45, 2.75) is 52.1 Å². The van der Waals surface area contributed by atoms with E-state index in [4.69, 9.17) is 4.74 Å². The van der Waals surface area contributed by atoms with Crippen LogP contribution >= 0.6 is 0 Å². The lowest BCUT2D eigenvalue weighted by atomic mass is 9.98. The summed E-state index contributed by atoms with van der Waals surface area (Å²) in [6.45, 7) is 7.36. The van der Waals surface area contributed by atoms with Crippen molar-refractivity contribution in [3.63, 3.8) is 0 Å². The number of amides is 2. The summed E-state index contributed by atoms with van der Waals surface area (Å²) in [5, 5.41) is 5.66. The van der Waals surface area contributed by atoms with Crippen LogP contribution in [0.3, 0.4) is 0 Å². The lowest BCUT2D eigenvalue weighted by Gasteiger charge is -2.16. The molecule has 2 rings (SSSR count). The molecular weight excluding hydrogens is 292 g/mol. The second kappa shape index (κ2) is 8.11. The largest absolute Gasteiger partial charge is 0.376 e. The summed E-state index contributed by atoms with van der Waals surface area (Å²) in [6.07, 6.45) is 1.92. The lowest BCUT2D eigenvalue weighted by Crippen LogP contribution is -2.34. The van der Waals surface area contributed by atoms with Crippen LogP contribution in [0.4, 0.5) is 5.69 Å². The van der Waals surface area contributed by atoms with Gasteiger partial charge in [-0.15, -0.1) is 0 Å². The van der Waals surface area contributed by atoms with Crippen molar-refractivity contribution >= 4 is 17.5 Å². The predicted octanol–water partition coefficient (Wildman–Crippen LogP) is 2.74. The number of carbonyl (C=O) groups is 2. The minimum absolute atomic E-state index is 0.0888. The van der Waals surface area contributed by atoms with Gasteiger partial charge in [-0.05, 0) is 36.8 Å². The highest BCUT2D eigenvalue weighted by Gasteiger charge is 2.18. The fourth-order valence-corrected chi connectivity index (χ4v) is 2.77. The number of nitrogens with one attached hydrogen (secondary N) is 2. The van der Waals surface area contributed by atoms with Crippen LogP contribution in [0, 0.1) is 6.92 Å². The van der Waals surface area contributed by atoms with E-state index in [0.29, 0.717) is 12.5 Å². The van der Waals surface area contributed by atoms with Gasteiger partial charge in [-0.25, -0.2) is 0 Å². The van der Waals surface area contributed by atoms with Gasteiger partial charge in [0.25, 0.3) is 0 Å². The molecule has 2 amide bonds. The van der Waals surface area contributed by atoms with Crippen molar-refractivity contribution < 1.29 is 14.3 Å². The van der Waals surface area contributed by atoms with E-state index < -0.39 is 0 Å². The molecule has 2 N–H and O–H groups in total. The minimum atomic E-state index is -0.286. The minimum Gasteiger partial charge on any atom is -0.376 e. The highest BCUT2D eigenvalue weighted by atomic mass is 16.5. The van der Waals surface area contributed by atoms with Crippen molar-refractivity contribution in [3.8, 4) is 0 Å². The maximum atomic E-state index is 12.1. The van der Waals surface area contributed by atoms with E-state index in [1.165, 1.54) is 0 Å². The van der Waals surface area contributed by atoms with Crippen LogP contribution in [-0.4, -0.2) is 31.1 Å². The fourth-order valence-electron chi connectivity index (χ4n) is 2.77. The Balaban J connectivity index is 1.88. The lowest BCUT2D eigenvalue weighted by molar-refractivity contribution is -0.127. The SMILES string of the molecule is Cc1cccc(C(C)C)c1NC(=O)CC(=O)NCC1CCCO1. The number of benzene rings is 1. The first kappa shape index (κ1) is 17.5. The van der Waals surface area contributed by atoms with Gasteiger partial charge < -0.3 is 15.4 Å². The first-order valence-corrected chi connectivity index (χ1v) is 8.25. The molecule has 0 aromatic heterocycles. The molecule has 1 atom stereocenters. The Labute approximate surface area is 137 Å². The monoisotopic (exact) mass is 318 g/mol. The van der Waals surface area contributed by atoms with Gasteiger partial charge in [-0.3, -0.25) is 9.59 Å². The molecule has 5 heteroatoms. The molecule has 126 valence electrons. The van der Waals surface area contributed by atoms with Gasteiger partial charge in [0.05, 0.1) is 6.10 Å². The van der Waals surface area contributed by atoms with Crippen LogP contribution in [0.5, 0.6) is 0 Å². The summed E-state index contributed by atoms with van der Waals surface area (Å²) >= 11 is 0. The molecule has 1 aliphatic rings. The Hall–Kier alpha value is -1.88. The van der Waals surface area contributed by atoms with Crippen molar-refractivity contribution in [1.82, 2.24) is 5.32 Å². The molecule has 0 radical (unpaired) electrons. The Morgan fingerprint density at radius 1 is 1.30 bits per heavy atom. The summed E-state index contributed by atoms with van der Waals surface area (Å²) in [5.41, 5.74) is 2.90. The third kappa shape index (κ3) is 5.06. The highest BCUT2D eigenvalue weighted by molar-refractivity contribution is 6.04. The van der Waals surface area contributed by atoms with Crippen LogP contribution in [-0.2, 0) is 14.3 Å². The molecule has 1 aliphatic heterocycles. The molecule has 1 heterocycles. The number of hydrogen-bond acceptors (Lipinski definition) is 3. The van der Waals surface area contributed by atoms with Gasteiger partial charge in [-0.2, -0.15) is 0 Å². The van der Waals surface area contributed by atoms with Crippen LogP contribution < -0.4 is 10.6 Å². The molecule has 1 aromatic rings. The molecule has 1 aromatic carbocycles. The number of ether oxygens (including phenoxy) is 1. The second-order valence-electron chi connectivity index (χ2n) is 6.36. The maximum Gasteiger partial charge on any atom is 0.233 e. The zero-order chi connectivity index (χ0) is 16.8. The van der Waals surface area contributed by atoms with Gasteiger partial charge in [-0.1, -0.05) is 32.0 Å². The standard InChI is InChI=1S/C18H26N2O3/c1-12(2)15-8-4-6-13(3)18(15)20-17(22)10-16(21)19-11-14-7-5-9-23-14/h4,6,8,12,14H,5,7,9-11H2,1-3H3,(H,19,21)(H,20,22). The summed E-state index contributed by atoms with van der Waals surface area (Å²) in [5.74, 6) is -0.248. The Morgan fingerprint density at radius 2 is 2.09 bits per heavy atom. The van der Waals surface area contributed by atoms with E-state index in [-0.39, 0.29) is 24.3 Å². The fraction of sp³-hybridized carbons (Fsp3) is 0.556.